The van der Waals surface area contributed by atoms with E-state index in [0.29, 0.717) is 52.9 Å². The predicted octanol–water partition coefficient (Wildman–Crippen LogP) is 5.46. The highest BCUT2D eigenvalue weighted by Gasteiger charge is 2.61. The Bertz CT molecular complexity index is 858. The molecule has 0 spiro atoms. The highest BCUT2D eigenvalue weighted by molar-refractivity contribution is 5.94. The monoisotopic (exact) mass is 472 g/mol. The fourth-order valence-electron chi connectivity index (χ4n) is 9.34. The Kier molecular flexibility index (Phi) is 7.28. The van der Waals surface area contributed by atoms with E-state index in [1.165, 1.54) is 31.3 Å². The first-order valence-corrected chi connectivity index (χ1v) is 13.8. The van der Waals surface area contributed by atoms with Crippen LogP contribution in [-0.4, -0.2) is 39.9 Å². The van der Waals surface area contributed by atoms with Crippen LogP contribution < -0.4 is 0 Å². The molecule has 3 saturated carbocycles. The first-order valence-electron chi connectivity index (χ1n) is 13.8. The molecule has 0 aromatic carbocycles. The second-order valence-corrected chi connectivity index (χ2v) is 13.0. The highest BCUT2D eigenvalue weighted by atomic mass is 16.3. The molecular formula is C30H48O4. The van der Waals surface area contributed by atoms with E-state index < -0.39 is 12.2 Å². The number of ketones is 1. The van der Waals surface area contributed by atoms with Crippen molar-refractivity contribution in [2.75, 3.05) is 6.61 Å². The number of carbonyl (C=O) groups excluding carboxylic acids is 1. The average Bonchev–Trinajstić information content (AvgIpc) is 3.11. The molecule has 0 radical (unpaired) electrons. The van der Waals surface area contributed by atoms with Crippen LogP contribution in [0.3, 0.4) is 0 Å². The lowest BCUT2D eigenvalue weighted by Gasteiger charge is -2.59. The standard InChI is InChI=1S/C30H48O4/c1-17(13-18(2)24(16-31)20(4)32)19(3)25-9-10-26-23-8-7-21-14-22(33)15-28(34)30(21,6)27(23)11-12-29(25,26)5/h7,17,19,22-23,25-28,31,33-34H,8-16H2,1-6H3/b24-18-/t17-,19-,22-,23+,25-,26+,27+,28+,29-,30+/m1/s1. The van der Waals surface area contributed by atoms with Gasteiger partial charge in [-0.1, -0.05) is 44.9 Å². The van der Waals surface area contributed by atoms with Crippen molar-refractivity contribution in [2.45, 2.75) is 105 Å². The van der Waals surface area contributed by atoms with Crippen molar-refractivity contribution in [3.8, 4) is 0 Å². The minimum atomic E-state index is -0.437. The van der Waals surface area contributed by atoms with E-state index >= 15 is 0 Å². The number of carbonyl (C=O) groups is 1. The molecule has 3 N–H and O–H groups in total. The summed E-state index contributed by atoms with van der Waals surface area (Å²) in [6.45, 7) is 13.0. The molecule has 0 heterocycles. The number of Topliss-reactive ketones (excluding diaryl/α,β-unsaturated/α-hetero) is 1. The van der Waals surface area contributed by atoms with Gasteiger partial charge in [0.25, 0.3) is 0 Å². The van der Waals surface area contributed by atoms with Crippen LogP contribution in [0.5, 0.6) is 0 Å². The van der Waals surface area contributed by atoms with E-state index in [-0.39, 0.29) is 17.8 Å². The summed E-state index contributed by atoms with van der Waals surface area (Å²) in [5.41, 5.74) is 3.10. The van der Waals surface area contributed by atoms with Crippen LogP contribution in [0.1, 0.15) is 92.9 Å². The van der Waals surface area contributed by atoms with Crippen molar-refractivity contribution in [1.29, 1.82) is 0 Å². The quantitative estimate of drug-likeness (QED) is 0.354. The minimum Gasteiger partial charge on any atom is -0.393 e. The first-order chi connectivity index (χ1) is 15.9. The summed E-state index contributed by atoms with van der Waals surface area (Å²) in [5.74, 6) is 3.54. The van der Waals surface area contributed by atoms with Crippen LogP contribution in [0, 0.1) is 46.3 Å². The van der Waals surface area contributed by atoms with E-state index in [2.05, 4.69) is 33.8 Å². The highest BCUT2D eigenvalue weighted by Crippen LogP contribution is 2.67. The van der Waals surface area contributed by atoms with Crippen LogP contribution >= 0.6 is 0 Å². The van der Waals surface area contributed by atoms with Gasteiger partial charge in [-0.2, -0.15) is 0 Å². The summed E-state index contributed by atoms with van der Waals surface area (Å²) in [6.07, 6.45) is 9.73. The van der Waals surface area contributed by atoms with Crippen LogP contribution in [0.15, 0.2) is 22.8 Å². The first kappa shape index (κ1) is 26.1. The van der Waals surface area contributed by atoms with Gasteiger partial charge in [0.1, 0.15) is 0 Å². The van der Waals surface area contributed by atoms with Crippen molar-refractivity contribution in [3.63, 3.8) is 0 Å². The predicted molar refractivity (Wildman–Crippen MR) is 136 cm³/mol. The molecule has 4 aliphatic rings. The van der Waals surface area contributed by atoms with Gasteiger partial charge in [-0.05, 0) is 99.7 Å². The Morgan fingerprint density at radius 2 is 1.82 bits per heavy atom. The fourth-order valence-corrected chi connectivity index (χ4v) is 9.34. The van der Waals surface area contributed by atoms with Gasteiger partial charge in [0.05, 0.1) is 18.8 Å². The number of allylic oxidation sites excluding steroid dienone is 2. The molecule has 192 valence electrons. The van der Waals surface area contributed by atoms with Crippen molar-refractivity contribution in [3.05, 3.63) is 22.8 Å². The maximum atomic E-state index is 11.9. The molecule has 4 heteroatoms. The van der Waals surface area contributed by atoms with Gasteiger partial charge in [-0.15, -0.1) is 0 Å². The molecule has 4 aliphatic carbocycles. The molecule has 4 nitrogen and oxygen atoms in total. The molecule has 3 fully saturated rings. The van der Waals surface area contributed by atoms with Gasteiger partial charge in [0.2, 0.25) is 0 Å². The molecule has 0 saturated heterocycles. The average molecular weight is 473 g/mol. The van der Waals surface area contributed by atoms with E-state index in [1.54, 1.807) is 6.92 Å². The van der Waals surface area contributed by atoms with Gasteiger partial charge < -0.3 is 15.3 Å². The summed E-state index contributed by atoms with van der Waals surface area (Å²) >= 11 is 0. The lowest BCUT2D eigenvalue weighted by molar-refractivity contribution is -0.114. The van der Waals surface area contributed by atoms with Crippen LogP contribution in [0.4, 0.5) is 0 Å². The molecule has 0 unspecified atom stereocenters. The largest absolute Gasteiger partial charge is 0.393 e. The van der Waals surface area contributed by atoms with Gasteiger partial charge in [0, 0.05) is 17.4 Å². The maximum absolute atomic E-state index is 11.9. The number of hydrogen-bond donors (Lipinski definition) is 3. The van der Waals surface area contributed by atoms with Crippen molar-refractivity contribution in [1.82, 2.24) is 0 Å². The Labute approximate surface area is 206 Å². The third kappa shape index (κ3) is 4.06. The molecule has 0 aromatic heterocycles. The van der Waals surface area contributed by atoms with Gasteiger partial charge in [0.15, 0.2) is 5.78 Å². The smallest absolute Gasteiger partial charge is 0.158 e. The molecular weight excluding hydrogens is 424 g/mol. The zero-order valence-corrected chi connectivity index (χ0v) is 22.3. The molecule has 0 aromatic rings. The van der Waals surface area contributed by atoms with Crippen molar-refractivity contribution < 1.29 is 20.1 Å². The minimum absolute atomic E-state index is 0.0123. The van der Waals surface area contributed by atoms with Gasteiger partial charge >= 0.3 is 0 Å². The number of rotatable bonds is 6. The molecule has 0 bridgehead atoms. The second kappa shape index (κ2) is 9.48. The Balaban J connectivity index is 1.53. The zero-order valence-electron chi connectivity index (χ0n) is 22.3. The fraction of sp³-hybridized carbons (Fsp3) is 0.833. The summed E-state index contributed by atoms with van der Waals surface area (Å²) in [4.78, 5) is 11.9. The van der Waals surface area contributed by atoms with Crippen molar-refractivity contribution >= 4 is 5.78 Å². The van der Waals surface area contributed by atoms with Crippen LogP contribution in [0.25, 0.3) is 0 Å². The Morgan fingerprint density at radius 1 is 1.12 bits per heavy atom. The SMILES string of the molecule is CC(=O)/C(CO)=C(/C)C[C@@H](C)[C@@H](C)[C@H]1CC[C@H]2[C@@H]3CC=C4C[C@@H](O)C[C@H](O)[C@]4(C)[C@H]3CC[C@]12C. The molecule has 4 rings (SSSR count). The van der Waals surface area contributed by atoms with E-state index in [0.717, 1.165) is 24.8 Å². The van der Waals surface area contributed by atoms with Crippen molar-refractivity contribution in [2.24, 2.45) is 46.3 Å². The van der Waals surface area contributed by atoms with E-state index in [1.807, 2.05) is 6.92 Å². The van der Waals surface area contributed by atoms with E-state index in [9.17, 15) is 20.1 Å². The zero-order chi connectivity index (χ0) is 25.0. The van der Waals surface area contributed by atoms with Gasteiger partial charge in [-0.25, -0.2) is 0 Å². The number of hydrogen-bond acceptors (Lipinski definition) is 4. The molecule has 10 atom stereocenters. The Hall–Kier alpha value is -0.970. The van der Waals surface area contributed by atoms with Crippen LogP contribution in [0.2, 0.25) is 0 Å². The summed E-state index contributed by atoms with van der Waals surface area (Å²) in [6, 6.07) is 0. The topological polar surface area (TPSA) is 77.8 Å². The normalized spacial score (nSPS) is 44.2. The molecule has 34 heavy (non-hydrogen) atoms. The van der Waals surface area contributed by atoms with E-state index in [4.69, 9.17) is 0 Å². The van der Waals surface area contributed by atoms with Crippen LogP contribution in [-0.2, 0) is 4.79 Å². The number of aliphatic hydroxyl groups excluding tert-OH is 3. The lowest BCUT2D eigenvalue weighted by Crippen LogP contribution is -2.55. The third-order valence-corrected chi connectivity index (χ3v) is 11.5. The number of aliphatic hydroxyl groups is 3. The summed E-state index contributed by atoms with van der Waals surface area (Å²) in [5, 5.41) is 31.1. The maximum Gasteiger partial charge on any atom is 0.158 e. The second-order valence-electron chi connectivity index (χ2n) is 13.0. The third-order valence-electron chi connectivity index (χ3n) is 11.5. The summed E-state index contributed by atoms with van der Waals surface area (Å²) < 4.78 is 0. The molecule has 0 amide bonds. The molecule has 0 aliphatic heterocycles. The summed E-state index contributed by atoms with van der Waals surface area (Å²) in [7, 11) is 0. The lowest BCUT2D eigenvalue weighted by atomic mass is 9.46. The Morgan fingerprint density at radius 3 is 2.47 bits per heavy atom. The van der Waals surface area contributed by atoms with Gasteiger partial charge in [-0.3, -0.25) is 4.79 Å². The number of fused-ring (bicyclic) bond motifs is 5.